The molecule has 0 radical (unpaired) electrons. The number of imidazole rings is 1. The van der Waals surface area contributed by atoms with Gasteiger partial charge < -0.3 is 78.1 Å². The molecule has 442 valence electrons. The number of nitrogens with one attached hydrogen (secondary N) is 3. The van der Waals surface area contributed by atoms with E-state index in [1.54, 1.807) is 62.0 Å². The van der Waals surface area contributed by atoms with Gasteiger partial charge in [0, 0.05) is 59.2 Å². The third-order valence-electron chi connectivity index (χ3n) is 13.2. The molecular weight excluding hydrogens is 1070 g/mol. The molecular formula is C56H73F3N8O14. The summed E-state index contributed by atoms with van der Waals surface area (Å²) in [4.78, 5) is 43.2. The molecule has 7 rings (SSSR count). The fourth-order valence-corrected chi connectivity index (χ4v) is 9.06. The number of alkyl halides is 3. The summed E-state index contributed by atoms with van der Waals surface area (Å²) in [6.45, 7) is 11.7. The maximum absolute atomic E-state index is 13.8. The Morgan fingerprint density at radius 1 is 0.679 bits per heavy atom. The molecule has 5 aromatic rings. The lowest BCUT2D eigenvalue weighted by atomic mass is 9.84. The highest BCUT2D eigenvalue weighted by Gasteiger charge is 2.53. The Morgan fingerprint density at radius 3 is 1.83 bits per heavy atom. The summed E-state index contributed by atoms with van der Waals surface area (Å²) >= 11 is 0. The van der Waals surface area contributed by atoms with Crippen molar-refractivity contribution in [3.05, 3.63) is 102 Å². The van der Waals surface area contributed by atoms with Crippen LogP contribution in [0.1, 0.15) is 40.0 Å². The lowest BCUT2D eigenvalue weighted by Gasteiger charge is -2.28. The molecule has 22 nitrogen and oxygen atoms in total. The van der Waals surface area contributed by atoms with Crippen LogP contribution in [0, 0.1) is 31.6 Å². The number of anilines is 3. The molecule has 2 aromatic carbocycles. The first-order valence-corrected chi connectivity index (χ1v) is 27.0. The summed E-state index contributed by atoms with van der Waals surface area (Å²) in [5.74, 6) is -0.328. The summed E-state index contributed by atoms with van der Waals surface area (Å²) < 4.78 is 98.7. The van der Waals surface area contributed by atoms with Crippen LogP contribution in [0.15, 0.2) is 79.6 Å². The van der Waals surface area contributed by atoms with Crippen LogP contribution in [0.25, 0.3) is 16.9 Å². The zero-order valence-corrected chi connectivity index (χ0v) is 45.6. The third kappa shape index (κ3) is 20.6. The number of aliphatic hydroxyl groups excluding tert-OH is 2. The van der Waals surface area contributed by atoms with Crippen molar-refractivity contribution in [3.63, 3.8) is 0 Å². The Kier molecular flexibility index (Phi) is 25.4. The van der Waals surface area contributed by atoms with E-state index in [1.807, 2.05) is 6.92 Å². The van der Waals surface area contributed by atoms with E-state index >= 15 is 0 Å². The first-order valence-electron chi connectivity index (χ1n) is 27.0. The van der Waals surface area contributed by atoms with Gasteiger partial charge in [0.2, 0.25) is 11.9 Å². The Bertz CT molecular complexity index is 2700. The quantitative estimate of drug-likeness (QED) is 0.0311. The molecule has 3 heterocycles. The van der Waals surface area contributed by atoms with Crippen LogP contribution in [0.5, 0.6) is 5.75 Å². The molecule has 2 aliphatic rings. The minimum Gasteiger partial charge on any atom is -0.490 e. The van der Waals surface area contributed by atoms with Crippen molar-refractivity contribution in [1.29, 1.82) is 0 Å². The van der Waals surface area contributed by atoms with Crippen molar-refractivity contribution >= 4 is 29.1 Å². The second-order valence-corrected chi connectivity index (χ2v) is 19.1. The maximum atomic E-state index is 13.8. The van der Waals surface area contributed by atoms with Gasteiger partial charge in [0.1, 0.15) is 12.4 Å². The number of hydrogen-bond donors (Lipinski definition) is 5. The first kappa shape index (κ1) is 62.4. The first-order chi connectivity index (χ1) is 39.3. The topological polar surface area (TPSA) is 259 Å². The minimum absolute atomic E-state index is 0.0152. The van der Waals surface area contributed by atoms with Crippen LogP contribution in [-0.2, 0) is 53.6 Å². The molecule has 81 heavy (non-hydrogen) atoms. The van der Waals surface area contributed by atoms with Crippen LogP contribution >= 0.6 is 0 Å². The second-order valence-electron chi connectivity index (χ2n) is 19.1. The van der Waals surface area contributed by atoms with Crippen molar-refractivity contribution in [2.45, 2.75) is 45.1 Å². The fraction of sp³-hybridized carbons (Fsp3) is 0.536. The number of benzene rings is 2. The molecule has 3 aromatic heterocycles. The molecule has 2 bridgehead atoms. The maximum Gasteiger partial charge on any atom is 0.416 e. The molecule has 0 unspecified atom stereocenters. The van der Waals surface area contributed by atoms with Gasteiger partial charge in [-0.1, -0.05) is 6.07 Å². The van der Waals surface area contributed by atoms with E-state index in [4.69, 9.17) is 47.4 Å². The molecule has 0 spiro atoms. The van der Waals surface area contributed by atoms with Crippen LogP contribution in [0.2, 0.25) is 0 Å². The van der Waals surface area contributed by atoms with Crippen LogP contribution in [-0.4, -0.2) is 191 Å². The van der Waals surface area contributed by atoms with Gasteiger partial charge in [-0.05, 0) is 86.6 Å². The monoisotopic (exact) mass is 1140 g/mol. The highest BCUT2D eigenvalue weighted by Crippen LogP contribution is 2.48. The molecule has 2 amide bonds. The van der Waals surface area contributed by atoms with Crippen LogP contribution < -0.4 is 20.7 Å². The summed E-state index contributed by atoms with van der Waals surface area (Å²) in [6, 6.07) is 11.7. The number of aromatic nitrogens is 5. The number of pyridine rings is 1. The van der Waals surface area contributed by atoms with Crippen LogP contribution in [0.3, 0.4) is 0 Å². The van der Waals surface area contributed by atoms with Gasteiger partial charge in [0.15, 0.2) is 0 Å². The average molecular weight is 1140 g/mol. The van der Waals surface area contributed by atoms with Crippen molar-refractivity contribution in [2.75, 3.05) is 143 Å². The number of aliphatic hydroxyl groups is 2. The van der Waals surface area contributed by atoms with Gasteiger partial charge in [-0.3, -0.25) is 14.6 Å². The molecule has 5 atom stereocenters. The standard InChI is InChI=1S/C56H73F3N8O14/c1-38-3-4-40(53(70)64-44-31-43(56(57,58)59)32-45(33-44)67-36-39(2)63-37-67)30-50(38)66-55-62-6-5-49(65-55)42-27-46(35-60-34-42)81-26-25-80-24-23-79-22-21-78-20-19-77-18-17-76-16-15-75-14-13-74-12-11-73-10-9-72-8-7-61-54(71)48-29-41-28-47(48)52(69)51(41)68/h3-6,27,30-37,41,47-48,51-52,68-69H,7-26,28-29H2,1-2H3,(H,61,71)(H,64,70)(H,62,65,66)/t41-,47+,48-,51-,52+/m0/s1. The number of ether oxygens (including phenoxy) is 10. The molecule has 2 aliphatic carbocycles. The summed E-state index contributed by atoms with van der Waals surface area (Å²) in [5, 5.41) is 28.6. The van der Waals surface area contributed by atoms with Gasteiger partial charge in [0.05, 0.1) is 161 Å². The van der Waals surface area contributed by atoms with E-state index in [0.717, 1.165) is 17.7 Å². The smallest absolute Gasteiger partial charge is 0.416 e. The summed E-state index contributed by atoms with van der Waals surface area (Å²) in [7, 11) is 0. The number of hydrogen-bond acceptors (Lipinski definition) is 19. The minimum atomic E-state index is -4.64. The van der Waals surface area contributed by atoms with Gasteiger partial charge in [-0.25, -0.2) is 15.0 Å². The number of aryl methyl sites for hydroxylation is 2. The van der Waals surface area contributed by atoms with Gasteiger partial charge >= 0.3 is 6.18 Å². The Morgan fingerprint density at radius 2 is 1.27 bits per heavy atom. The van der Waals surface area contributed by atoms with Crippen molar-refractivity contribution in [2.24, 2.45) is 17.8 Å². The Labute approximate surface area is 468 Å². The van der Waals surface area contributed by atoms with E-state index < -0.39 is 29.9 Å². The van der Waals surface area contributed by atoms with E-state index in [1.165, 1.54) is 17.0 Å². The van der Waals surface area contributed by atoms with Crippen LogP contribution in [0.4, 0.5) is 30.5 Å². The molecule has 0 saturated heterocycles. The molecule has 2 fully saturated rings. The predicted octanol–water partition coefficient (Wildman–Crippen LogP) is 5.38. The number of halogens is 3. The van der Waals surface area contributed by atoms with E-state index in [2.05, 4.69) is 35.9 Å². The molecule has 5 N–H and O–H groups in total. The molecule has 25 heteroatoms. The van der Waals surface area contributed by atoms with Crippen molar-refractivity contribution < 1.29 is 80.3 Å². The van der Waals surface area contributed by atoms with Gasteiger partial charge in [0.25, 0.3) is 5.91 Å². The van der Waals surface area contributed by atoms with E-state index in [-0.39, 0.29) is 53.2 Å². The summed E-state index contributed by atoms with van der Waals surface area (Å²) in [6.07, 6.45) is 2.97. The number of rotatable bonds is 38. The number of nitrogens with zero attached hydrogens (tertiary/aromatic N) is 5. The fourth-order valence-electron chi connectivity index (χ4n) is 9.06. The molecule has 2 saturated carbocycles. The number of carbonyl (C=O) groups is 2. The highest BCUT2D eigenvalue weighted by molar-refractivity contribution is 6.05. The number of fused-ring (bicyclic) bond motifs is 2. The van der Waals surface area contributed by atoms with E-state index in [0.29, 0.717) is 167 Å². The van der Waals surface area contributed by atoms with Crippen molar-refractivity contribution in [1.82, 2.24) is 29.8 Å². The largest absolute Gasteiger partial charge is 0.490 e. The van der Waals surface area contributed by atoms with Crippen molar-refractivity contribution in [3.8, 4) is 22.7 Å². The summed E-state index contributed by atoms with van der Waals surface area (Å²) in [5.41, 5.74) is 2.56. The van der Waals surface area contributed by atoms with Gasteiger partial charge in [-0.2, -0.15) is 13.2 Å². The third-order valence-corrected chi connectivity index (χ3v) is 13.2. The lowest BCUT2D eigenvalue weighted by molar-refractivity contribution is -0.137. The molecule has 0 aliphatic heterocycles. The Hall–Kier alpha value is -6.23. The van der Waals surface area contributed by atoms with E-state index in [9.17, 15) is 33.0 Å². The zero-order valence-electron chi connectivity index (χ0n) is 45.6. The zero-order chi connectivity index (χ0) is 57.2. The van der Waals surface area contributed by atoms with Gasteiger partial charge in [-0.15, -0.1) is 0 Å². The average Bonchev–Trinajstić information content (AvgIpc) is 4.41. The number of amides is 2. The Balaban J connectivity index is 0.640. The normalized spacial score (nSPS) is 17.6. The lowest BCUT2D eigenvalue weighted by Crippen LogP contribution is -2.43. The highest BCUT2D eigenvalue weighted by atomic mass is 19.4. The number of carbonyl (C=O) groups excluding carboxylic acids is 2. The predicted molar refractivity (Wildman–Crippen MR) is 289 cm³/mol. The second kappa shape index (κ2) is 33.0. The SMILES string of the molecule is Cc1cn(-c2cc(NC(=O)c3ccc(C)c(Nc4nccc(-c5cncc(OCCOCCOCCOCCOCCOCCOCCOCCOCCOCCNC(=O)[C@H]6C[C@@H]7C[C@H]6[C@@H](O)[C@H]7O)c5)n4)c3)cc(C(F)(F)F)c2)cn1.